The van der Waals surface area contributed by atoms with Gasteiger partial charge < -0.3 is 4.90 Å². The lowest BCUT2D eigenvalue weighted by molar-refractivity contribution is -0.384. The molecule has 0 fully saturated rings. The lowest BCUT2D eigenvalue weighted by Crippen LogP contribution is -2.27. The highest BCUT2D eigenvalue weighted by Gasteiger charge is 2.14. The third-order valence-corrected chi connectivity index (χ3v) is 5.01. The van der Waals surface area contributed by atoms with E-state index < -0.39 is 4.92 Å². The molecule has 0 heterocycles. The highest BCUT2D eigenvalue weighted by Crippen LogP contribution is 2.22. The largest absolute Gasteiger partial charge is 0.377 e. The van der Waals surface area contributed by atoms with Crippen LogP contribution in [-0.2, 0) is 10.5 Å². The molecule has 0 aliphatic rings. The van der Waals surface area contributed by atoms with E-state index in [1.54, 1.807) is 6.07 Å². The molecule has 1 N–H and O–H groups in total. The van der Waals surface area contributed by atoms with Crippen LogP contribution in [0.25, 0.3) is 0 Å². The molecule has 142 valence electrons. The van der Waals surface area contributed by atoms with Crippen molar-refractivity contribution in [3.05, 3.63) is 69.8 Å². The first-order valence-electron chi connectivity index (χ1n) is 8.32. The van der Waals surface area contributed by atoms with Crippen LogP contribution in [0.2, 0.25) is 0 Å². The lowest BCUT2D eigenvalue weighted by atomic mass is 10.1. The van der Waals surface area contributed by atoms with E-state index in [0.29, 0.717) is 5.56 Å². The van der Waals surface area contributed by atoms with Crippen molar-refractivity contribution in [1.29, 1.82) is 0 Å². The number of thioether (sulfide) groups is 1. The van der Waals surface area contributed by atoms with Crippen LogP contribution in [0.1, 0.15) is 18.1 Å². The second-order valence-electron chi connectivity index (χ2n) is 6.07. The predicted octanol–water partition coefficient (Wildman–Crippen LogP) is 3.43. The van der Waals surface area contributed by atoms with Crippen molar-refractivity contribution < 1.29 is 9.72 Å². The third-order valence-electron chi connectivity index (χ3n) is 3.79. The van der Waals surface area contributed by atoms with E-state index in [1.165, 1.54) is 30.1 Å². The van der Waals surface area contributed by atoms with Gasteiger partial charge in [-0.05, 0) is 18.6 Å². The Balaban J connectivity index is 1.98. The summed E-state index contributed by atoms with van der Waals surface area (Å²) >= 11 is 1.51. The zero-order chi connectivity index (χ0) is 19.8. The number of nitrogens with zero attached hydrogens (tertiary/aromatic N) is 3. The van der Waals surface area contributed by atoms with Crippen molar-refractivity contribution in [1.82, 2.24) is 5.43 Å². The molecular weight excluding hydrogens is 364 g/mol. The number of carbonyl (C=O) groups is 1. The smallest absolute Gasteiger partial charge is 0.270 e. The molecule has 0 unspecified atom stereocenters. The molecule has 0 spiro atoms. The molecule has 0 radical (unpaired) electrons. The molecule has 2 aromatic carbocycles. The number of non-ortho nitro benzene ring substituents is 1. The van der Waals surface area contributed by atoms with Gasteiger partial charge in [-0.2, -0.15) is 5.10 Å². The molecule has 2 rings (SSSR count). The van der Waals surface area contributed by atoms with Crippen LogP contribution < -0.4 is 10.3 Å². The van der Waals surface area contributed by atoms with Crippen molar-refractivity contribution >= 4 is 35.3 Å². The van der Waals surface area contributed by atoms with Gasteiger partial charge in [-0.25, -0.2) is 5.43 Å². The van der Waals surface area contributed by atoms with Crippen LogP contribution in [0, 0.1) is 10.1 Å². The Labute approximate surface area is 162 Å². The Bertz CT molecular complexity index is 825. The van der Waals surface area contributed by atoms with Crippen LogP contribution in [0.15, 0.2) is 53.6 Å². The number of anilines is 1. The number of benzene rings is 2. The maximum absolute atomic E-state index is 12.2. The fourth-order valence-electron chi connectivity index (χ4n) is 2.29. The highest BCUT2D eigenvalue weighted by molar-refractivity contribution is 7.99. The minimum Gasteiger partial charge on any atom is -0.377 e. The van der Waals surface area contributed by atoms with Gasteiger partial charge in [-0.3, -0.25) is 14.9 Å². The standard InChI is InChI=1S/C19H22N4O3S/c1-14(27-13-15-7-5-4-6-8-15)19(24)21-20-12-16-11-17(23(25)26)9-10-18(16)22(2)3/h4-12,14H,13H2,1-3H3,(H,21,24)/b20-12-/t14-/m0/s1. The minimum absolute atomic E-state index is 0.0276. The summed E-state index contributed by atoms with van der Waals surface area (Å²) in [5.74, 6) is 0.512. The second kappa shape index (κ2) is 9.72. The van der Waals surface area contributed by atoms with Gasteiger partial charge in [0, 0.05) is 43.2 Å². The Morgan fingerprint density at radius 2 is 2.00 bits per heavy atom. The molecule has 0 aromatic heterocycles. The molecule has 1 amide bonds. The van der Waals surface area contributed by atoms with Crippen LogP contribution in [0.5, 0.6) is 0 Å². The van der Waals surface area contributed by atoms with Crippen molar-refractivity contribution in [2.45, 2.75) is 17.9 Å². The first-order chi connectivity index (χ1) is 12.9. The fourth-order valence-corrected chi connectivity index (χ4v) is 3.13. The number of nitro groups is 1. The monoisotopic (exact) mass is 386 g/mol. The molecule has 7 nitrogen and oxygen atoms in total. The zero-order valence-electron chi connectivity index (χ0n) is 15.5. The molecule has 0 saturated heterocycles. The van der Waals surface area contributed by atoms with Gasteiger partial charge in [0.1, 0.15) is 0 Å². The molecule has 1 atom stereocenters. The predicted molar refractivity (Wildman–Crippen MR) is 110 cm³/mol. The van der Waals surface area contributed by atoms with E-state index in [2.05, 4.69) is 10.5 Å². The summed E-state index contributed by atoms with van der Waals surface area (Å²) in [4.78, 5) is 24.5. The molecule has 0 saturated carbocycles. The Morgan fingerprint density at radius 3 is 2.63 bits per heavy atom. The van der Waals surface area contributed by atoms with Gasteiger partial charge in [0.05, 0.1) is 16.4 Å². The Morgan fingerprint density at radius 1 is 1.30 bits per heavy atom. The number of nitro benzene ring substituents is 1. The summed E-state index contributed by atoms with van der Waals surface area (Å²) in [5, 5.41) is 14.7. The van der Waals surface area contributed by atoms with E-state index in [0.717, 1.165) is 17.0 Å². The van der Waals surface area contributed by atoms with E-state index in [4.69, 9.17) is 0 Å². The normalized spacial score (nSPS) is 12.0. The summed E-state index contributed by atoms with van der Waals surface area (Å²) in [6, 6.07) is 14.4. The first-order valence-corrected chi connectivity index (χ1v) is 9.37. The fraction of sp³-hybridized carbons (Fsp3) is 0.263. The van der Waals surface area contributed by atoms with Crippen LogP contribution >= 0.6 is 11.8 Å². The summed E-state index contributed by atoms with van der Waals surface area (Å²) < 4.78 is 0. The molecule has 2 aromatic rings. The molecular formula is C19H22N4O3S. The summed E-state index contributed by atoms with van der Waals surface area (Å²) in [6.07, 6.45) is 1.43. The van der Waals surface area contributed by atoms with Crippen molar-refractivity contribution in [3.8, 4) is 0 Å². The quantitative estimate of drug-likeness (QED) is 0.427. The van der Waals surface area contributed by atoms with Gasteiger partial charge in [-0.1, -0.05) is 30.3 Å². The Hall–Kier alpha value is -2.87. The summed E-state index contributed by atoms with van der Waals surface area (Å²) in [7, 11) is 3.67. The highest BCUT2D eigenvalue weighted by atomic mass is 32.2. The van der Waals surface area contributed by atoms with Crippen LogP contribution in [-0.4, -0.2) is 36.4 Å². The van der Waals surface area contributed by atoms with Gasteiger partial charge in [-0.15, -0.1) is 11.8 Å². The number of rotatable bonds is 8. The number of hydrogen-bond donors (Lipinski definition) is 1. The molecule has 0 bridgehead atoms. The molecule has 0 aliphatic carbocycles. The van der Waals surface area contributed by atoms with Gasteiger partial charge in [0.25, 0.3) is 11.6 Å². The van der Waals surface area contributed by atoms with E-state index >= 15 is 0 Å². The summed E-state index contributed by atoms with van der Waals surface area (Å²) in [5.41, 5.74) is 4.95. The van der Waals surface area contributed by atoms with Crippen molar-refractivity contribution in [3.63, 3.8) is 0 Å². The number of hydrazone groups is 1. The van der Waals surface area contributed by atoms with Gasteiger partial charge in [0.2, 0.25) is 0 Å². The first kappa shape index (κ1) is 20.4. The minimum atomic E-state index is -0.461. The average molecular weight is 386 g/mol. The van der Waals surface area contributed by atoms with Crippen molar-refractivity contribution in [2.75, 3.05) is 19.0 Å². The number of carbonyl (C=O) groups excluding carboxylic acids is 1. The van der Waals surface area contributed by atoms with Gasteiger partial charge >= 0.3 is 0 Å². The van der Waals surface area contributed by atoms with Gasteiger partial charge in [0.15, 0.2) is 0 Å². The second-order valence-corrected chi connectivity index (χ2v) is 7.40. The van der Waals surface area contributed by atoms with E-state index in [9.17, 15) is 14.9 Å². The van der Waals surface area contributed by atoms with Crippen LogP contribution in [0.4, 0.5) is 11.4 Å². The van der Waals surface area contributed by atoms with Crippen LogP contribution in [0.3, 0.4) is 0 Å². The van der Waals surface area contributed by atoms with Crippen molar-refractivity contribution in [2.24, 2.45) is 5.10 Å². The third kappa shape index (κ3) is 6.10. The zero-order valence-corrected chi connectivity index (χ0v) is 16.3. The Kier molecular flexibility index (Phi) is 7.36. The van der Waals surface area contributed by atoms with E-state index in [1.807, 2.05) is 56.3 Å². The van der Waals surface area contributed by atoms with E-state index in [-0.39, 0.29) is 16.8 Å². The lowest BCUT2D eigenvalue weighted by Gasteiger charge is -2.15. The maximum Gasteiger partial charge on any atom is 0.270 e. The average Bonchev–Trinajstić information content (AvgIpc) is 2.66. The number of nitrogens with one attached hydrogen (secondary N) is 1. The topological polar surface area (TPSA) is 87.8 Å². The number of amides is 1. The number of hydrogen-bond acceptors (Lipinski definition) is 6. The molecule has 8 heteroatoms. The summed E-state index contributed by atoms with van der Waals surface area (Å²) in [6.45, 7) is 1.82. The SMILES string of the molecule is C[C@H](SCc1ccccc1)C(=O)N/N=C\c1cc([N+](=O)[O-])ccc1N(C)C. The molecule has 0 aliphatic heterocycles. The maximum atomic E-state index is 12.2. The molecule has 27 heavy (non-hydrogen) atoms.